The molecule has 0 saturated carbocycles. The van der Waals surface area contributed by atoms with Gasteiger partial charge >= 0.3 is 0 Å². The minimum absolute atomic E-state index is 0.00395. The second kappa shape index (κ2) is 13.1. The van der Waals surface area contributed by atoms with E-state index in [1.54, 1.807) is 24.3 Å². The molecule has 0 saturated heterocycles. The van der Waals surface area contributed by atoms with Gasteiger partial charge in [-0.1, -0.05) is 59.1 Å². The van der Waals surface area contributed by atoms with Crippen LogP contribution >= 0.6 is 34.8 Å². The summed E-state index contributed by atoms with van der Waals surface area (Å²) in [6.07, 6.45) is 0.521. The first-order chi connectivity index (χ1) is 18.7. The van der Waals surface area contributed by atoms with Crippen molar-refractivity contribution in [3.8, 4) is 22.9 Å². The summed E-state index contributed by atoms with van der Waals surface area (Å²) in [4.78, 5) is 15.2. The zero-order valence-electron chi connectivity index (χ0n) is 20.5. The number of halogens is 4. The Hall–Kier alpha value is -3.43. The van der Waals surface area contributed by atoms with Crippen molar-refractivity contribution in [1.29, 1.82) is 0 Å². The van der Waals surface area contributed by atoms with Crippen LogP contribution in [-0.4, -0.2) is 51.0 Å². The summed E-state index contributed by atoms with van der Waals surface area (Å²) in [5.41, 5.74) is 2.42. The van der Waals surface area contributed by atoms with Crippen molar-refractivity contribution >= 4 is 40.7 Å². The van der Waals surface area contributed by atoms with Gasteiger partial charge in [0.15, 0.2) is 5.75 Å². The number of benzene rings is 3. The minimum atomic E-state index is -0.484. The lowest BCUT2D eigenvalue weighted by molar-refractivity contribution is 0.0702. The van der Waals surface area contributed by atoms with E-state index in [1.807, 2.05) is 12.1 Å². The van der Waals surface area contributed by atoms with Gasteiger partial charge in [0, 0.05) is 30.1 Å². The number of nitrogens with zero attached hydrogens (tertiary/aromatic N) is 3. The molecule has 2 N–H and O–H groups in total. The fourth-order valence-corrected chi connectivity index (χ4v) is 4.38. The molecule has 0 bridgehead atoms. The van der Waals surface area contributed by atoms with Crippen molar-refractivity contribution in [1.82, 2.24) is 15.1 Å². The molecule has 11 heteroatoms. The molecule has 0 spiro atoms. The summed E-state index contributed by atoms with van der Waals surface area (Å²) >= 11 is 18.1. The maximum absolute atomic E-state index is 13.8. The van der Waals surface area contributed by atoms with E-state index in [0.29, 0.717) is 22.6 Å². The topological polar surface area (TPSA) is 95.8 Å². The molecule has 0 fully saturated rings. The van der Waals surface area contributed by atoms with E-state index in [1.165, 1.54) is 35.2 Å². The van der Waals surface area contributed by atoms with E-state index in [4.69, 9.17) is 39.5 Å². The molecule has 7 nitrogen and oxygen atoms in total. The standard InChI is InChI=1S/C28H23Cl3FN3O4/c29-20-5-1-17(2-6-20)9-12-39-27-22(15-25(33-34-27)19-13-23(30)26(37)24(31)14-19)28(38)35(10-11-36)16-18-3-7-21(32)8-4-18/h1-8,13-15,36-37H,9-12,16H2. The molecule has 0 aliphatic carbocycles. The second-order valence-electron chi connectivity index (χ2n) is 8.54. The zero-order valence-corrected chi connectivity index (χ0v) is 22.7. The Morgan fingerprint density at radius 2 is 1.56 bits per heavy atom. The van der Waals surface area contributed by atoms with Crippen LogP contribution in [0.15, 0.2) is 66.7 Å². The summed E-state index contributed by atoms with van der Waals surface area (Å²) in [5.74, 6) is -1.16. The number of aromatic hydroxyl groups is 1. The molecular weight excluding hydrogens is 568 g/mol. The number of aromatic nitrogens is 2. The number of amides is 1. The lowest BCUT2D eigenvalue weighted by atomic mass is 10.1. The molecule has 1 heterocycles. The predicted octanol–water partition coefficient (Wildman–Crippen LogP) is 6.20. The van der Waals surface area contributed by atoms with Gasteiger partial charge in [-0.3, -0.25) is 4.79 Å². The van der Waals surface area contributed by atoms with Crippen LogP contribution in [0.4, 0.5) is 4.39 Å². The van der Waals surface area contributed by atoms with Crippen molar-refractivity contribution in [2.24, 2.45) is 0 Å². The Labute approximate surface area is 239 Å². The van der Waals surface area contributed by atoms with Gasteiger partial charge in [-0.2, -0.15) is 0 Å². The average molecular weight is 591 g/mol. The molecule has 0 unspecified atom stereocenters. The van der Waals surface area contributed by atoms with Crippen molar-refractivity contribution in [3.05, 3.63) is 104 Å². The number of hydrogen-bond donors (Lipinski definition) is 2. The largest absolute Gasteiger partial charge is 0.505 e. The van der Waals surface area contributed by atoms with Crippen molar-refractivity contribution in [2.45, 2.75) is 13.0 Å². The third kappa shape index (κ3) is 7.36. The first-order valence-corrected chi connectivity index (χ1v) is 13.0. The highest BCUT2D eigenvalue weighted by Gasteiger charge is 2.23. The number of hydrogen-bond acceptors (Lipinski definition) is 6. The van der Waals surface area contributed by atoms with E-state index in [9.17, 15) is 19.4 Å². The van der Waals surface area contributed by atoms with Crippen molar-refractivity contribution in [2.75, 3.05) is 19.8 Å². The molecule has 1 aromatic heterocycles. The molecular formula is C28H23Cl3FN3O4. The summed E-state index contributed by atoms with van der Waals surface area (Å²) in [7, 11) is 0. The number of rotatable bonds is 10. The number of carbonyl (C=O) groups is 1. The summed E-state index contributed by atoms with van der Waals surface area (Å²) < 4.78 is 19.3. The smallest absolute Gasteiger partial charge is 0.259 e. The van der Waals surface area contributed by atoms with Gasteiger partial charge in [0.2, 0.25) is 5.88 Å². The van der Waals surface area contributed by atoms with Gasteiger partial charge in [0.25, 0.3) is 5.91 Å². The third-order valence-electron chi connectivity index (χ3n) is 5.79. The number of aliphatic hydroxyl groups is 1. The molecule has 39 heavy (non-hydrogen) atoms. The van der Waals surface area contributed by atoms with Crippen LogP contribution in [0.3, 0.4) is 0 Å². The van der Waals surface area contributed by atoms with Crippen LogP contribution in [0.25, 0.3) is 11.3 Å². The van der Waals surface area contributed by atoms with Crippen LogP contribution < -0.4 is 4.74 Å². The Kier molecular flexibility index (Phi) is 9.59. The minimum Gasteiger partial charge on any atom is -0.505 e. The molecule has 0 atom stereocenters. The highest BCUT2D eigenvalue weighted by atomic mass is 35.5. The van der Waals surface area contributed by atoms with E-state index >= 15 is 0 Å². The second-order valence-corrected chi connectivity index (χ2v) is 9.79. The Morgan fingerprint density at radius 3 is 2.21 bits per heavy atom. The summed E-state index contributed by atoms with van der Waals surface area (Å²) in [6, 6.07) is 17.4. The monoisotopic (exact) mass is 589 g/mol. The van der Waals surface area contributed by atoms with Gasteiger partial charge in [0.1, 0.15) is 11.4 Å². The first-order valence-electron chi connectivity index (χ1n) is 11.8. The number of carbonyl (C=O) groups excluding carboxylic acids is 1. The van der Waals surface area contributed by atoms with Gasteiger partial charge < -0.3 is 19.8 Å². The zero-order chi connectivity index (χ0) is 27.9. The molecule has 4 rings (SSSR count). The highest BCUT2D eigenvalue weighted by Crippen LogP contribution is 2.36. The van der Waals surface area contributed by atoms with Crippen LogP contribution in [0.5, 0.6) is 11.6 Å². The van der Waals surface area contributed by atoms with Crippen LogP contribution in [0.2, 0.25) is 15.1 Å². The SMILES string of the molecule is O=C(c1cc(-c2cc(Cl)c(O)c(Cl)c2)nnc1OCCc1ccc(Cl)cc1)N(CCO)Cc1ccc(F)cc1. The van der Waals surface area contributed by atoms with E-state index in [0.717, 1.165) is 5.56 Å². The number of phenols is 1. The van der Waals surface area contributed by atoms with Gasteiger partial charge in [0.05, 0.1) is 29.0 Å². The van der Waals surface area contributed by atoms with Gasteiger partial charge in [-0.25, -0.2) is 4.39 Å². The molecule has 202 valence electrons. The Bertz CT molecular complexity index is 1430. The Morgan fingerprint density at radius 1 is 0.923 bits per heavy atom. The van der Waals surface area contributed by atoms with Crippen LogP contribution in [0, 0.1) is 5.82 Å². The number of ether oxygens (including phenoxy) is 1. The maximum atomic E-state index is 13.8. The Balaban J connectivity index is 1.67. The van der Waals surface area contributed by atoms with Crippen LogP contribution in [0.1, 0.15) is 21.5 Å². The number of phenolic OH excluding ortho intramolecular Hbond substituents is 1. The van der Waals surface area contributed by atoms with E-state index in [2.05, 4.69) is 10.2 Å². The molecule has 0 aliphatic heterocycles. The normalized spacial score (nSPS) is 10.9. The summed E-state index contributed by atoms with van der Waals surface area (Å²) in [5, 5.41) is 28.6. The quantitative estimate of drug-likeness (QED) is 0.228. The summed E-state index contributed by atoms with van der Waals surface area (Å²) in [6.45, 7) is 0.0202. The van der Waals surface area contributed by atoms with Crippen molar-refractivity contribution in [3.63, 3.8) is 0 Å². The molecule has 1 amide bonds. The fourth-order valence-electron chi connectivity index (χ4n) is 3.77. The van der Waals surface area contributed by atoms with Crippen LogP contribution in [-0.2, 0) is 13.0 Å². The molecule has 0 aliphatic rings. The molecule has 4 aromatic rings. The predicted molar refractivity (Wildman–Crippen MR) is 148 cm³/mol. The third-order valence-corrected chi connectivity index (χ3v) is 6.62. The first kappa shape index (κ1) is 28.6. The number of aliphatic hydroxyl groups excluding tert-OH is 1. The molecule has 0 radical (unpaired) electrons. The van der Waals surface area contributed by atoms with Gasteiger partial charge in [-0.05, 0) is 53.6 Å². The fraction of sp³-hybridized carbons (Fsp3) is 0.179. The van der Waals surface area contributed by atoms with E-state index in [-0.39, 0.29) is 59.2 Å². The van der Waals surface area contributed by atoms with Crippen molar-refractivity contribution < 1.29 is 24.1 Å². The maximum Gasteiger partial charge on any atom is 0.259 e. The molecule has 3 aromatic carbocycles. The van der Waals surface area contributed by atoms with E-state index < -0.39 is 11.7 Å². The van der Waals surface area contributed by atoms with Gasteiger partial charge in [-0.15, -0.1) is 10.2 Å². The average Bonchev–Trinajstić information content (AvgIpc) is 2.93. The highest BCUT2D eigenvalue weighted by molar-refractivity contribution is 6.37. The lowest BCUT2D eigenvalue weighted by Gasteiger charge is -2.23. The lowest BCUT2D eigenvalue weighted by Crippen LogP contribution is -2.33.